The molecule has 0 saturated heterocycles. The summed E-state index contributed by atoms with van der Waals surface area (Å²) < 4.78 is 28.5. The van der Waals surface area contributed by atoms with Gasteiger partial charge in [-0.3, -0.25) is 9.48 Å². The molecule has 1 amide bonds. The zero-order chi connectivity index (χ0) is 19.1. The lowest BCUT2D eigenvalue weighted by molar-refractivity contribution is -0.0416. The van der Waals surface area contributed by atoms with E-state index in [1.165, 1.54) is 0 Å². The Bertz CT molecular complexity index is 834. The van der Waals surface area contributed by atoms with Gasteiger partial charge in [0.15, 0.2) is 0 Å². The van der Waals surface area contributed by atoms with E-state index in [0.717, 1.165) is 18.4 Å². The van der Waals surface area contributed by atoms with Gasteiger partial charge in [0.05, 0.1) is 11.9 Å². The van der Waals surface area contributed by atoms with Crippen molar-refractivity contribution in [2.24, 2.45) is 7.05 Å². The molecular formula is C20H24F2N4O. The predicted octanol–water partition coefficient (Wildman–Crippen LogP) is 3.83. The molecule has 1 aromatic carbocycles. The Hall–Kier alpha value is -2.28. The van der Waals surface area contributed by atoms with Crippen molar-refractivity contribution in [2.45, 2.75) is 56.0 Å². The van der Waals surface area contributed by atoms with Crippen LogP contribution in [0.4, 0.5) is 14.5 Å². The summed E-state index contributed by atoms with van der Waals surface area (Å²) in [6.07, 6.45) is 5.99. The molecule has 4 rings (SSSR count). The van der Waals surface area contributed by atoms with Gasteiger partial charge in [0, 0.05) is 43.2 Å². The predicted molar refractivity (Wildman–Crippen MR) is 98.9 cm³/mol. The van der Waals surface area contributed by atoms with E-state index in [1.54, 1.807) is 24.1 Å². The van der Waals surface area contributed by atoms with Crippen LogP contribution in [0, 0.1) is 0 Å². The molecule has 144 valence electrons. The van der Waals surface area contributed by atoms with Crippen molar-refractivity contribution >= 4 is 11.6 Å². The number of nitrogens with zero attached hydrogens (tertiary/aromatic N) is 2. The van der Waals surface area contributed by atoms with E-state index in [0.29, 0.717) is 24.1 Å². The van der Waals surface area contributed by atoms with E-state index in [2.05, 4.69) is 15.7 Å². The lowest BCUT2D eigenvalue weighted by atomic mass is 9.89. The maximum atomic E-state index is 13.4. The normalized spacial score (nSPS) is 21.0. The third-order valence-corrected chi connectivity index (χ3v) is 5.60. The average Bonchev–Trinajstić information content (AvgIpc) is 3.31. The second-order valence-corrected chi connectivity index (χ2v) is 7.76. The molecule has 5 nitrogen and oxygen atoms in total. The fraction of sp³-hybridized carbons (Fsp3) is 0.500. The number of aryl methyl sites for hydroxylation is 1. The number of benzene rings is 1. The van der Waals surface area contributed by atoms with Crippen LogP contribution in [0.1, 0.15) is 54.4 Å². The lowest BCUT2D eigenvalue weighted by Crippen LogP contribution is -2.43. The fourth-order valence-electron chi connectivity index (χ4n) is 3.97. The van der Waals surface area contributed by atoms with Crippen LogP contribution in [0.3, 0.4) is 0 Å². The first kappa shape index (κ1) is 18.1. The first-order chi connectivity index (χ1) is 12.9. The summed E-state index contributed by atoms with van der Waals surface area (Å²) in [5.41, 5.74) is 1.93. The van der Waals surface area contributed by atoms with Crippen LogP contribution in [-0.2, 0) is 12.6 Å². The Morgan fingerprint density at radius 1 is 1.19 bits per heavy atom. The molecule has 2 aliphatic rings. The molecule has 2 fully saturated rings. The summed E-state index contributed by atoms with van der Waals surface area (Å²) in [4.78, 5) is 12.8. The van der Waals surface area contributed by atoms with Crippen LogP contribution >= 0.6 is 0 Å². The van der Waals surface area contributed by atoms with E-state index in [-0.39, 0.29) is 30.3 Å². The fourth-order valence-corrected chi connectivity index (χ4v) is 3.97. The molecular weight excluding hydrogens is 350 g/mol. The number of anilines is 1. The number of hydrogen-bond acceptors (Lipinski definition) is 3. The number of aromatic nitrogens is 2. The SMILES string of the molecule is Cn1cc(NC(=O)c2ccccc2C2(NC3CCC(F)(F)CC3)CC2)cn1. The average molecular weight is 374 g/mol. The molecule has 1 aromatic heterocycles. The van der Waals surface area contributed by atoms with Crippen molar-refractivity contribution in [3.63, 3.8) is 0 Å². The molecule has 7 heteroatoms. The van der Waals surface area contributed by atoms with Gasteiger partial charge in [0.25, 0.3) is 5.91 Å². The number of hydrogen-bond donors (Lipinski definition) is 2. The topological polar surface area (TPSA) is 59.0 Å². The smallest absolute Gasteiger partial charge is 0.256 e. The van der Waals surface area contributed by atoms with Crippen LogP contribution < -0.4 is 10.6 Å². The molecule has 0 spiro atoms. The molecule has 0 atom stereocenters. The zero-order valence-electron chi connectivity index (χ0n) is 15.3. The largest absolute Gasteiger partial charge is 0.319 e. The first-order valence-corrected chi connectivity index (χ1v) is 9.42. The number of carbonyl (C=O) groups excluding carboxylic acids is 1. The molecule has 0 radical (unpaired) electrons. The number of nitrogens with one attached hydrogen (secondary N) is 2. The van der Waals surface area contributed by atoms with Gasteiger partial charge in [-0.05, 0) is 37.3 Å². The summed E-state index contributed by atoms with van der Waals surface area (Å²) in [5, 5.41) is 10.5. The Kier molecular flexibility index (Phi) is 4.50. The minimum Gasteiger partial charge on any atom is -0.319 e. The van der Waals surface area contributed by atoms with Crippen LogP contribution in [0.25, 0.3) is 0 Å². The molecule has 2 aliphatic carbocycles. The third-order valence-electron chi connectivity index (χ3n) is 5.60. The van der Waals surface area contributed by atoms with E-state index >= 15 is 0 Å². The molecule has 2 saturated carbocycles. The van der Waals surface area contributed by atoms with Crippen LogP contribution in [0.15, 0.2) is 36.7 Å². The van der Waals surface area contributed by atoms with Crippen molar-refractivity contribution in [1.82, 2.24) is 15.1 Å². The minimum absolute atomic E-state index is 0.0656. The van der Waals surface area contributed by atoms with E-state index in [1.807, 2.05) is 24.3 Å². The van der Waals surface area contributed by atoms with Gasteiger partial charge in [-0.1, -0.05) is 18.2 Å². The summed E-state index contributed by atoms with van der Waals surface area (Å²) in [7, 11) is 1.79. The van der Waals surface area contributed by atoms with Gasteiger partial charge >= 0.3 is 0 Å². The van der Waals surface area contributed by atoms with E-state index in [4.69, 9.17) is 0 Å². The summed E-state index contributed by atoms with van der Waals surface area (Å²) >= 11 is 0. The Labute approximate surface area is 157 Å². The number of amides is 1. The lowest BCUT2D eigenvalue weighted by Gasteiger charge is -2.33. The Balaban J connectivity index is 1.51. The first-order valence-electron chi connectivity index (χ1n) is 9.42. The van der Waals surface area contributed by atoms with Crippen LogP contribution in [0.2, 0.25) is 0 Å². The van der Waals surface area contributed by atoms with Crippen molar-refractivity contribution < 1.29 is 13.6 Å². The number of rotatable bonds is 5. The molecule has 27 heavy (non-hydrogen) atoms. The van der Waals surface area contributed by atoms with Gasteiger partial charge in [-0.15, -0.1) is 0 Å². The molecule has 0 unspecified atom stereocenters. The summed E-state index contributed by atoms with van der Waals surface area (Å²) in [6.45, 7) is 0. The molecule has 2 aromatic rings. The van der Waals surface area contributed by atoms with Crippen LogP contribution in [-0.4, -0.2) is 27.7 Å². The van der Waals surface area contributed by atoms with E-state index in [9.17, 15) is 13.6 Å². The van der Waals surface area contributed by atoms with Gasteiger partial charge < -0.3 is 10.6 Å². The van der Waals surface area contributed by atoms with Gasteiger partial charge in [-0.2, -0.15) is 5.10 Å². The standard InChI is InChI=1S/C20H24F2N4O/c1-26-13-15(12-23-26)24-18(27)16-4-2-3-5-17(16)19(10-11-19)25-14-6-8-20(21,22)9-7-14/h2-5,12-14,25H,6-11H2,1H3,(H,24,27). The van der Waals surface area contributed by atoms with Gasteiger partial charge in [0.1, 0.15) is 0 Å². The second kappa shape index (κ2) is 6.71. The summed E-state index contributed by atoms with van der Waals surface area (Å²) in [5.74, 6) is -2.71. The van der Waals surface area contributed by atoms with Crippen molar-refractivity contribution in [3.05, 3.63) is 47.8 Å². The van der Waals surface area contributed by atoms with Crippen molar-refractivity contribution in [2.75, 3.05) is 5.32 Å². The minimum atomic E-state index is -2.53. The van der Waals surface area contributed by atoms with Gasteiger partial charge in [0.2, 0.25) is 5.92 Å². The number of alkyl halides is 2. The van der Waals surface area contributed by atoms with Gasteiger partial charge in [-0.25, -0.2) is 8.78 Å². The molecule has 1 heterocycles. The molecule has 0 bridgehead atoms. The maximum absolute atomic E-state index is 13.4. The highest BCUT2D eigenvalue weighted by atomic mass is 19.3. The Morgan fingerprint density at radius 2 is 1.89 bits per heavy atom. The second-order valence-electron chi connectivity index (χ2n) is 7.76. The molecule has 0 aliphatic heterocycles. The highest BCUT2D eigenvalue weighted by Crippen LogP contribution is 2.48. The highest BCUT2D eigenvalue weighted by molar-refractivity contribution is 6.05. The number of carbonyl (C=O) groups is 1. The van der Waals surface area contributed by atoms with Crippen molar-refractivity contribution in [3.8, 4) is 0 Å². The quantitative estimate of drug-likeness (QED) is 0.836. The third kappa shape index (κ3) is 3.88. The highest BCUT2D eigenvalue weighted by Gasteiger charge is 2.48. The van der Waals surface area contributed by atoms with Crippen molar-refractivity contribution in [1.29, 1.82) is 0 Å². The van der Waals surface area contributed by atoms with Crippen LogP contribution in [0.5, 0.6) is 0 Å². The monoisotopic (exact) mass is 374 g/mol. The molecule has 2 N–H and O–H groups in total. The summed E-state index contributed by atoms with van der Waals surface area (Å²) in [6, 6.07) is 7.63. The maximum Gasteiger partial charge on any atom is 0.256 e. The Morgan fingerprint density at radius 3 is 2.52 bits per heavy atom. The van der Waals surface area contributed by atoms with E-state index < -0.39 is 5.92 Å². The number of halogens is 2. The zero-order valence-corrected chi connectivity index (χ0v) is 15.3.